The average molecular weight is 329 g/mol. The summed E-state index contributed by atoms with van der Waals surface area (Å²) in [5.74, 6) is 0. The van der Waals surface area contributed by atoms with Crippen molar-refractivity contribution in [3.8, 4) is 0 Å². The monoisotopic (exact) mass is 328 g/mol. The Morgan fingerprint density at radius 2 is 1.68 bits per heavy atom. The summed E-state index contributed by atoms with van der Waals surface area (Å²) in [6, 6.07) is 1.92. The van der Waals surface area contributed by atoms with Gasteiger partial charge in [-0.2, -0.15) is 0 Å². The largest absolute Gasteiger partial charge is 0.383 e. The molecule has 0 amide bonds. The fourth-order valence-electron chi connectivity index (χ4n) is 1.28. The number of benzene rings is 1. The number of nitrogens with two attached hydrogens (primary N) is 3. The lowest BCUT2D eigenvalue weighted by Gasteiger charge is -2.12. The normalized spacial score (nSPS) is 12.4. The standard InChI is InChI=1S/C8H13ClN4O4S2/c9-8-6(13-2-1-10)3-5(18(11,14)15)4-7(8)19(12,16)17/h3-4,13H,1-2,10H2,(H2,11,14,15)(H2,12,16,17). The highest BCUT2D eigenvalue weighted by molar-refractivity contribution is 7.90. The molecular weight excluding hydrogens is 316 g/mol. The number of rotatable bonds is 5. The van der Waals surface area contributed by atoms with E-state index in [0.717, 1.165) is 12.1 Å². The van der Waals surface area contributed by atoms with Crippen LogP contribution < -0.4 is 21.3 Å². The zero-order valence-corrected chi connectivity index (χ0v) is 12.0. The van der Waals surface area contributed by atoms with Crippen molar-refractivity contribution < 1.29 is 16.8 Å². The minimum Gasteiger partial charge on any atom is -0.383 e. The van der Waals surface area contributed by atoms with Crippen molar-refractivity contribution >= 4 is 37.3 Å². The molecule has 108 valence electrons. The van der Waals surface area contributed by atoms with Crippen molar-refractivity contribution in [1.82, 2.24) is 0 Å². The average Bonchev–Trinajstić information content (AvgIpc) is 2.24. The second-order valence-corrected chi connectivity index (χ2v) is 7.06. The molecule has 0 atom stereocenters. The number of hydrogen-bond donors (Lipinski definition) is 4. The second-order valence-electron chi connectivity index (χ2n) is 3.59. The third-order valence-electron chi connectivity index (χ3n) is 2.11. The van der Waals surface area contributed by atoms with Gasteiger partial charge in [0, 0.05) is 13.1 Å². The summed E-state index contributed by atoms with van der Waals surface area (Å²) in [6.45, 7) is 0.499. The van der Waals surface area contributed by atoms with Crippen molar-refractivity contribution in [2.24, 2.45) is 16.0 Å². The highest BCUT2D eigenvalue weighted by atomic mass is 35.5. The van der Waals surface area contributed by atoms with Crippen molar-refractivity contribution in [3.05, 3.63) is 17.2 Å². The van der Waals surface area contributed by atoms with Gasteiger partial charge in [-0.1, -0.05) is 11.6 Å². The van der Waals surface area contributed by atoms with E-state index in [1.807, 2.05) is 0 Å². The van der Waals surface area contributed by atoms with E-state index in [1.54, 1.807) is 0 Å². The number of nitrogens with one attached hydrogen (secondary N) is 1. The minimum atomic E-state index is -4.19. The van der Waals surface area contributed by atoms with Gasteiger partial charge in [0.1, 0.15) is 4.90 Å². The first-order valence-corrected chi connectivity index (χ1v) is 8.37. The number of halogens is 1. The fourth-order valence-corrected chi connectivity index (χ4v) is 3.07. The molecule has 0 spiro atoms. The molecular formula is C8H13ClN4O4S2. The van der Waals surface area contributed by atoms with E-state index in [0.29, 0.717) is 0 Å². The Morgan fingerprint density at radius 3 is 2.11 bits per heavy atom. The third-order valence-corrected chi connectivity index (χ3v) is 4.45. The summed E-state index contributed by atoms with van der Waals surface area (Å²) in [7, 11) is -8.29. The quantitative estimate of drug-likeness (QED) is 0.543. The number of hydrogen-bond acceptors (Lipinski definition) is 6. The van der Waals surface area contributed by atoms with Crippen LogP contribution in [0.2, 0.25) is 5.02 Å². The van der Waals surface area contributed by atoms with E-state index in [4.69, 9.17) is 27.6 Å². The molecule has 8 nitrogen and oxygen atoms in total. The van der Waals surface area contributed by atoms with E-state index < -0.39 is 29.8 Å². The molecule has 0 bridgehead atoms. The first-order chi connectivity index (χ1) is 8.57. The lowest BCUT2D eigenvalue weighted by atomic mass is 10.3. The van der Waals surface area contributed by atoms with Crippen LogP contribution in [0.5, 0.6) is 0 Å². The Morgan fingerprint density at radius 1 is 1.11 bits per heavy atom. The Kier molecular flexibility index (Phi) is 4.76. The highest BCUT2D eigenvalue weighted by Gasteiger charge is 2.21. The van der Waals surface area contributed by atoms with Gasteiger partial charge in [0.25, 0.3) is 0 Å². The van der Waals surface area contributed by atoms with Crippen LogP contribution >= 0.6 is 11.6 Å². The summed E-state index contributed by atoms with van der Waals surface area (Å²) < 4.78 is 45.3. The molecule has 0 aromatic heterocycles. The van der Waals surface area contributed by atoms with E-state index in [9.17, 15) is 16.8 Å². The van der Waals surface area contributed by atoms with Crippen molar-refractivity contribution in [2.45, 2.75) is 9.79 Å². The van der Waals surface area contributed by atoms with E-state index in [2.05, 4.69) is 5.32 Å². The van der Waals surface area contributed by atoms with Crippen LogP contribution in [0.3, 0.4) is 0 Å². The van der Waals surface area contributed by atoms with E-state index in [1.165, 1.54) is 0 Å². The summed E-state index contributed by atoms with van der Waals surface area (Å²) in [6.07, 6.45) is 0. The minimum absolute atomic E-state index is 0.0719. The molecule has 19 heavy (non-hydrogen) atoms. The summed E-state index contributed by atoms with van der Waals surface area (Å²) in [5, 5.41) is 12.4. The van der Waals surface area contributed by atoms with Crippen LogP contribution in [0.25, 0.3) is 0 Å². The Hall–Kier alpha value is -0.910. The summed E-state index contributed by atoms with van der Waals surface area (Å²) >= 11 is 5.85. The SMILES string of the molecule is NCCNc1cc(S(N)(=O)=O)cc(S(N)(=O)=O)c1Cl. The molecule has 1 aromatic carbocycles. The van der Waals surface area contributed by atoms with Crippen LogP contribution in [0.15, 0.2) is 21.9 Å². The van der Waals surface area contributed by atoms with Gasteiger partial charge in [-0.25, -0.2) is 27.1 Å². The zero-order chi connectivity index (χ0) is 14.8. The third kappa shape index (κ3) is 4.03. The molecule has 0 saturated carbocycles. The predicted molar refractivity (Wildman–Crippen MR) is 71.7 cm³/mol. The van der Waals surface area contributed by atoms with Gasteiger partial charge in [0.2, 0.25) is 20.0 Å². The molecule has 0 aliphatic rings. The van der Waals surface area contributed by atoms with Crippen LogP contribution in [-0.4, -0.2) is 29.9 Å². The second kappa shape index (κ2) is 5.61. The lowest BCUT2D eigenvalue weighted by molar-refractivity contribution is 0.596. The molecule has 0 unspecified atom stereocenters. The van der Waals surface area contributed by atoms with E-state index >= 15 is 0 Å². The lowest BCUT2D eigenvalue weighted by Crippen LogP contribution is -2.19. The molecule has 0 aliphatic heterocycles. The highest BCUT2D eigenvalue weighted by Crippen LogP contribution is 2.31. The molecule has 1 aromatic rings. The van der Waals surface area contributed by atoms with Gasteiger partial charge >= 0.3 is 0 Å². The molecule has 1 rings (SSSR count). The predicted octanol–water partition coefficient (Wildman–Crippen LogP) is -0.995. The van der Waals surface area contributed by atoms with Crippen LogP contribution in [0.4, 0.5) is 5.69 Å². The fraction of sp³-hybridized carbons (Fsp3) is 0.250. The first kappa shape index (κ1) is 16.1. The van der Waals surface area contributed by atoms with Gasteiger partial charge in [-0.15, -0.1) is 0 Å². The zero-order valence-electron chi connectivity index (χ0n) is 9.63. The van der Waals surface area contributed by atoms with Crippen LogP contribution in [0, 0.1) is 0 Å². The van der Waals surface area contributed by atoms with Crippen molar-refractivity contribution in [1.29, 1.82) is 0 Å². The van der Waals surface area contributed by atoms with Crippen molar-refractivity contribution in [2.75, 3.05) is 18.4 Å². The van der Waals surface area contributed by atoms with Crippen molar-refractivity contribution in [3.63, 3.8) is 0 Å². The smallest absolute Gasteiger partial charge is 0.239 e. The maximum absolute atomic E-state index is 11.4. The Labute approximate surface area is 116 Å². The first-order valence-electron chi connectivity index (χ1n) is 4.90. The molecule has 11 heteroatoms. The Balaban J connectivity index is 3.57. The van der Waals surface area contributed by atoms with Gasteiger partial charge < -0.3 is 11.1 Å². The molecule has 0 aliphatic carbocycles. The molecule has 7 N–H and O–H groups in total. The summed E-state index contributed by atoms with van der Waals surface area (Å²) in [5.41, 5.74) is 5.35. The number of primary sulfonamides is 2. The van der Waals surface area contributed by atoms with Crippen LogP contribution in [-0.2, 0) is 20.0 Å². The molecule has 0 saturated heterocycles. The number of sulfonamides is 2. The van der Waals surface area contributed by atoms with Gasteiger partial charge in [-0.3, -0.25) is 0 Å². The van der Waals surface area contributed by atoms with Crippen LogP contribution in [0.1, 0.15) is 0 Å². The maximum atomic E-state index is 11.4. The maximum Gasteiger partial charge on any atom is 0.239 e. The van der Waals surface area contributed by atoms with E-state index in [-0.39, 0.29) is 23.8 Å². The molecule has 0 heterocycles. The topological polar surface area (TPSA) is 158 Å². The number of anilines is 1. The molecule has 0 radical (unpaired) electrons. The van der Waals surface area contributed by atoms with Gasteiger partial charge in [0.05, 0.1) is 15.6 Å². The Bertz CT molecular complexity index is 687. The van der Waals surface area contributed by atoms with Gasteiger partial charge in [-0.05, 0) is 12.1 Å². The summed E-state index contributed by atoms with van der Waals surface area (Å²) in [4.78, 5) is -0.944. The van der Waals surface area contributed by atoms with Gasteiger partial charge in [0.15, 0.2) is 0 Å². The molecule has 0 fully saturated rings.